The Kier molecular flexibility index (Phi) is 7.82. The minimum Gasteiger partial charge on any atom is -0.396 e. The molecule has 1 aliphatic rings. The van der Waals surface area contributed by atoms with Crippen molar-refractivity contribution in [3.05, 3.63) is 0 Å². The molecule has 0 aromatic heterocycles. The van der Waals surface area contributed by atoms with Gasteiger partial charge in [-0.05, 0) is 19.3 Å². The summed E-state index contributed by atoms with van der Waals surface area (Å²) in [6.07, 6.45) is 2.72. The number of aliphatic hydroxyl groups excluding tert-OH is 4. The molecule has 0 atom stereocenters. The van der Waals surface area contributed by atoms with Gasteiger partial charge in [0.25, 0.3) is 0 Å². The summed E-state index contributed by atoms with van der Waals surface area (Å²) in [7, 11) is 0. The lowest BCUT2D eigenvalue weighted by atomic mass is 9.85. The maximum absolute atomic E-state index is 9.19. The van der Waals surface area contributed by atoms with Gasteiger partial charge in [0.2, 0.25) is 0 Å². The summed E-state index contributed by atoms with van der Waals surface area (Å²) in [4.78, 5) is 0. The smallest absolute Gasteiger partial charge is 0.157 e. The number of ether oxygens (including phenoxy) is 2. The second-order valence-electron chi connectivity index (χ2n) is 5.36. The Morgan fingerprint density at radius 1 is 0.895 bits per heavy atom. The number of unbranched alkanes of at least 4 members (excludes halogenated alkanes) is 1. The molecule has 4 N–H and O–H groups in total. The van der Waals surface area contributed by atoms with Gasteiger partial charge in [-0.25, -0.2) is 0 Å². The lowest BCUT2D eigenvalue weighted by Crippen LogP contribution is -2.35. The molecular formula is C13H26O6. The van der Waals surface area contributed by atoms with Crippen LogP contribution < -0.4 is 0 Å². The molecule has 114 valence electrons. The van der Waals surface area contributed by atoms with Gasteiger partial charge < -0.3 is 29.9 Å². The van der Waals surface area contributed by atoms with Crippen LogP contribution >= 0.6 is 0 Å². The Morgan fingerprint density at radius 3 is 1.95 bits per heavy atom. The molecule has 1 aliphatic heterocycles. The van der Waals surface area contributed by atoms with Crippen molar-refractivity contribution in [1.82, 2.24) is 0 Å². The number of hydrogen-bond donors (Lipinski definition) is 4. The van der Waals surface area contributed by atoms with E-state index < -0.39 is 5.41 Å². The third-order valence-electron chi connectivity index (χ3n) is 3.70. The van der Waals surface area contributed by atoms with Gasteiger partial charge in [-0.2, -0.15) is 0 Å². The molecule has 1 saturated heterocycles. The lowest BCUT2D eigenvalue weighted by Gasteiger charge is -2.29. The van der Waals surface area contributed by atoms with Gasteiger partial charge in [-0.15, -0.1) is 0 Å². The van der Waals surface area contributed by atoms with Crippen LogP contribution in [0.3, 0.4) is 0 Å². The summed E-state index contributed by atoms with van der Waals surface area (Å²) >= 11 is 0. The van der Waals surface area contributed by atoms with Crippen LogP contribution in [0.2, 0.25) is 0 Å². The first kappa shape index (κ1) is 16.8. The van der Waals surface area contributed by atoms with Crippen molar-refractivity contribution < 1.29 is 29.9 Å². The molecule has 0 aromatic rings. The summed E-state index contributed by atoms with van der Waals surface area (Å²) < 4.78 is 10.9. The highest BCUT2D eigenvalue weighted by Crippen LogP contribution is 2.24. The van der Waals surface area contributed by atoms with Gasteiger partial charge >= 0.3 is 0 Å². The first-order valence-electron chi connectivity index (χ1n) is 6.86. The van der Waals surface area contributed by atoms with Gasteiger partial charge in [0.05, 0.1) is 39.6 Å². The Balaban J connectivity index is 2.14. The molecule has 0 unspecified atom stereocenters. The van der Waals surface area contributed by atoms with E-state index in [9.17, 15) is 15.3 Å². The topological polar surface area (TPSA) is 99.4 Å². The molecule has 0 saturated carbocycles. The molecule has 0 bridgehead atoms. The van der Waals surface area contributed by atoms with E-state index in [4.69, 9.17) is 14.6 Å². The van der Waals surface area contributed by atoms with E-state index in [1.807, 2.05) is 0 Å². The highest BCUT2D eigenvalue weighted by molar-refractivity contribution is 4.76. The van der Waals surface area contributed by atoms with Crippen LogP contribution in [0.4, 0.5) is 0 Å². The molecule has 19 heavy (non-hydrogen) atoms. The predicted molar refractivity (Wildman–Crippen MR) is 68.4 cm³/mol. The van der Waals surface area contributed by atoms with Crippen LogP contribution in [0, 0.1) is 11.3 Å². The molecular weight excluding hydrogens is 252 g/mol. The maximum atomic E-state index is 9.19. The summed E-state index contributed by atoms with van der Waals surface area (Å²) in [5.74, 6) is 0.0714. The van der Waals surface area contributed by atoms with Gasteiger partial charge in [-0.3, -0.25) is 0 Å². The first-order valence-corrected chi connectivity index (χ1v) is 6.86. The van der Waals surface area contributed by atoms with Gasteiger partial charge in [-0.1, -0.05) is 6.42 Å². The Labute approximate surface area is 114 Å². The summed E-state index contributed by atoms with van der Waals surface area (Å²) in [6, 6.07) is 0. The minimum absolute atomic E-state index is 0.0714. The first-order chi connectivity index (χ1) is 9.19. The molecule has 0 aromatic carbocycles. The van der Waals surface area contributed by atoms with Crippen LogP contribution in [-0.4, -0.2) is 66.4 Å². The second-order valence-corrected chi connectivity index (χ2v) is 5.36. The van der Waals surface area contributed by atoms with E-state index in [-0.39, 0.29) is 38.6 Å². The van der Waals surface area contributed by atoms with Gasteiger partial charge in [0.1, 0.15) is 0 Å². The van der Waals surface area contributed by atoms with Crippen LogP contribution in [0.25, 0.3) is 0 Å². The minimum atomic E-state index is -0.781. The largest absolute Gasteiger partial charge is 0.396 e. The normalized spacial score (nSPS) is 24.6. The zero-order valence-corrected chi connectivity index (χ0v) is 11.3. The Morgan fingerprint density at radius 2 is 1.47 bits per heavy atom. The average Bonchev–Trinajstić information content (AvgIpc) is 2.49. The SMILES string of the molecule is OCC1COC(CCCCC(CO)(CO)CO)OC1. The quantitative estimate of drug-likeness (QED) is 0.424. The molecule has 0 spiro atoms. The Bertz CT molecular complexity index is 215. The summed E-state index contributed by atoms with van der Waals surface area (Å²) in [6.45, 7) is 0.487. The fraction of sp³-hybridized carbons (Fsp3) is 1.00. The molecule has 6 nitrogen and oxygen atoms in total. The standard InChI is InChI=1S/C13H26O6/c14-5-11-6-18-12(19-7-11)3-1-2-4-13(8-15,9-16)10-17/h11-12,14-17H,1-10H2. The fourth-order valence-electron chi connectivity index (χ4n) is 2.05. The number of hydrogen-bond acceptors (Lipinski definition) is 6. The lowest BCUT2D eigenvalue weighted by molar-refractivity contribution is -0.208. The van der Waals surface area contributed by atoms with Crippen molar-refractivity contribution in [2.24, 2.45) is 11.3 Å². The monoisotopic (exact) mass is 278 g/mol. The highest BCUT2D eigenvalue weighted by atomic mass is 16.7. The van der Waals surface area contributed by atoms with E-state index in [1.54, 1.807) is 0 Å². The molecule has 0 aliphatic carbocycles. The zero-order chi connectivity index (χ0) is 14.1. The van der Waals surface area contributed by atoms with Crippen molar-refractivity contribution >= 4 is 0 Å². The summed E-state index contributed by atoms with van der Waals surface area (Å²) in [5, 5.41) is 36.5. The van der Waals surface area contributed by atoms with Crippen molar-refractivity contribution in [3.63, 3.8) is 0 Å². The maximum Gasteiger partial charge on any atom is 0.157 e. The Hall–Kier alpha value is -0.240. The highest BCUT2D eigenvalue weighted by Gasteiger charge is 2.27. The average molecular weight is 278 g/mol. The molecule has 0 radical (unpaired) electrons. The second kappa shape index (κ2) is 8.84. The van der Waals surface area contributed by atoms with E-state index in [0.717, 1.165) is 19.3 Å². The molecule has 1 fully saturated rings. The summed E-state index contributed by atoms with van der Waals surface area (Å²) in [5.41, 5.74) is -0.781. The van der Waals surface area contributed by atoms with Crippen molar-refractivity contribution in [1.29, 1.82) is 0 Å². The van der Waals surface area contributed by atoms with Crippen molar-refractivity contribution in [2.75, 3.05) is 39.6 Å². The van der Waals surface area contributed by atoms with Crippen LogP contribution in [0.15, 0.2) is 0 Å². The van der Waals surface area contributed by atoms with E-state index in [1.165, 1.54) is 0 Å². The zero-order valence-electron chi connectivity index (χ0n) is 11.3. The molecule has 6 heteroatoms. The predicted octanol–water partition coefficient (Wildman–Crippen LogP) is -0.508. The van der Waals surface area contributed by atoms with Crippen molar-refractivity contribution in [2.45, 2.75) is 32.0 Å². The third-order valence-corrected chi connectivity index (χ3v) is 3.70. The van der Waals surface area contributed by atoms with E-state index in [2.05, 4.69) is 0 Å². The third kappa shape index (κ3) is 5.33. The molecule has 0 amide bonds. The number of rotatable bonds is 9. The van der Waals surface area contributed by atoms with Crippen LogP contribution in [0.5, 0.6) is 0 Å². The van der Waals surface area contributed by atoms with Crippen molar-refractivity contribution in [3.8, 4) is 0 Å². The number of aliphatic hydroxyl groups is 4. The molecule has 1 heterocycles. The van der Waals surface area contributed by atoms with Gasteiger partial charge in [0, 0.05) is 11.3 Å². The fourth-order valence-corrected chi connectivity index (χ4v) is 2.05. The van der Waals surface area contributed by atoms with Crippen LogP contribution in [0.1, 0.15) is 25.7 Å². The van der Waals surface area contributed by atoms with Gasteiger partial charge in [0.15, 0.2) is 6.29 Å². The molecule has 1 rings (SSSR count). The van der Waals surface area contributed by atoms with E-state index >= 15 is 0 Å². The van der Waals surface area contributed by atoms with Crippen LogP contribution in [-0.2, 0) is 9.47 Å². The van der Waals surface area contributed by atoms with E-state index in [0.29, 0.717) is 19.6 Å².